The Morgan fingerprint density at radius 3 is 2.55 bits per heavy atom. The maximum Gasteiger partial charge on any atom is 0.257 e. The Morgan fingerprint density at radius 2 is 1.84 bits per heavy atom. The molecule has 3 aliphatic heterocycles. The summed E-state index contributed by atoms with van der Waals surface area (Å²) in [6.45, 7) is 3.83. The molecule has 1 atom stereocenters. The average Bonchev–Trinajstić information content (AvgIpc) is 3.05. The van der Waals surface area contributed by atoms with E-state index in [1.807, 2.05) is 19.1 Å². The summed E-state index contributed by atoms with van der Waals surface area (Å²) >= 11 is 0. The van der Waals surface area contributed by atoms with Gasteiger partial charge in [-0.25, -0.2) is 8.78 Å². The minimum atomic E-state index is -2.36. The summed E-state index contributed by atoms with van der Waals surface area (Å²) in [5.74, 6) is -0.131. The lowest BCUT2D eigenvalue weighted by Gasteiger charge is -2.48. The molecule has 9 heteroatoms. The number of piperazine rings is 1. The summed E-state index contributed by atoms with van der Waals surface area (Å²) in [6, 6.07) is 7.16. The number of benzene rings is 1. The number of carbonyl (C=O) groups excluding carboxylic acids is 3. The van der Waals surface area contributed by atoms with E-state index in [4.69, 9.17) is 0 Å². The highest BCUT2D eigenvalue weighted by molar-refractivity contribution is 6.10. The first-order chi connectivity index (χ1) is 14.8. The third-order valence-electron chi connectivity index (χ3n) is 6.64. The van der Waals surface area contributed by atoms with Crippen molar-refractivity contribution in [2.45, 2.75) is 44.7 Å². The molecule has 0 aliphatic carbocycles. The van der Waals surface area contributed by atoms with Crippen LogP contribution >= 0.6 is 0 Å². The Morgan fingerprint density at radius 1 is 1.13 bits per heavy atom. The lowest BCUT2D eigenvalue weighted by Crippen LogP contribution is -2.62. The van der Waals surface area contributed by atoms with Crippen molar-refractivity contribution < 1.29 is 23.2 Å². The van der Waals surface area contributed by atoms with Gasteiger partial charge in [-0.15, -0.1) is 0 Å². The number of rotatable bonds is 6. The molecule has 7 nitrogen and oxygen atoms in total. The number of carbonyl (C=O) groups is 3. The predicted molar refractivity (Wildman–Crippen MR) is 111 cm³/mol. The molecule has 1 aromatic carbocycles. The predicted octanol–water partition coefficient (Wildman–Crippen LogP) is 2.17. The van der Waals surface area contributed by atoms with E-state index in [0.29, 0.717) is 63.2 Å². The molecule has 0 bridgehead atoms. The van der Waals surface area contributed by atoms with E-state index in [2.05, 4.69) is 0 Å². The second kappa shape index (κ2) is 8.53. The number of fused-ring (bicyclic) bond motifs is 3. The van der Waals surface area contributed by atoms with Crippen LogP contribution < -0.4 is 4.90 Å². The number of nitrogens with zero attached hydrogens (tertiary/aromatic N) is 4. The average molecular weight is 434 g/mol. The van der Waals surface area contributed by atoms with Crippen LogP contribution in [0.2, 0.25) is 0 Å². The van der Waals surface area contributed by atoms with E-state index in [0.717, 1.165) is 0 Å². The van der Waals surface area contributed by atoms with Crippen LogP contribution in [-0.4, -0.2) is 83.8 Å². The van der Waals surface area contributed by atoms with Crippen LogP contribution in [0.5, 0.6) is 0 Å². The van der Waals surface area contributed by atoms with E-state index in [-0.39, 0.29) is 30.7 Å². The molecular formula is C22H28F2N4O3. The molecule has 2 fully saturated rings. The molecule has 3 amide bonds. The third-order valence-corrected chi connectivity index (χ3v) is 6.64. The Bertz CT molecular complexity index is 872. The standard InChI is InChI=1S/C22H28F2N4O3/c1-22-9-8-20(30)28(22)17-6-3-2-5-16(17)21(31)27(22)10-4-7-19(29)26-13-11-25(12-14-26)15-18(23)24/h2-3,5-6,18H,4,7-15H2,1H3. The van der Waals surface area contributed by atoms with Gasteiger partial charge in [-0.3, -0.25) is 24.2 Å². The lowest BCUT2D eigenvalue weighted by atomic mass is 9.98. The fourth-order valence-electron chi connectivity index (χ4n) is 4.96. The Balaban J connectivity index is 1.37. The number of amides is 3. The molecule has 0 saturated carbocycles. The van der Waals surface area contributed by atoms with Crippen molar-refractivity contribution in [3.63, 3.8) is 0 Å². The van der Waals surface area contributed by atoms with Gasteiger partial charge in [-0.1, -0.05) is 12.1 Å². The Labute approximate surface area is 180 Å². The maximum atomic E-state index is 13.2. The summed E-state index contributed by atoms with van der Waals surface area (Å²) in [4.78, 5) is 45.2. The van der Waals surface area contributed by atoms with Crippen molar-refractivity contribution in [1.29, 1.82) is 0 Å². The second-order valence-electron chi connectivity index (χ2n) is 8.60. The molecule has 3 aliphatic rings. The zero-order valence-electron chi connectivity index (χ0n) is 17.7. The van der Waals surface area contributed by atoms with Crippen molar-refractivity contribution in [2.24, 2.45) is 0 Å². The fourth-order valence-corrected chi connectivity index (χ4v) is 4.96. The van der Waals surface area contributed by atoms with Gasteiger partial charge in [-0.05, 0) is 31.9 Å². The normalized spacial score (nSPS) is 24.1. The topological polar surface area (TPSA) is 64.2 Å². The van der Waals surface area contributed by atoms with Crippen LogP contribution in [0.3, 0.4) is 0 Å². The molecule has 3 heterocycles. The van der Waals surface area contributed by atoms with Crippen molar-refractivity contribution >= 4 is 23.4 Å². The van der Waals surface area contributed by atoms with Crippen LogP contribution in [0.1, 0.15) is 43.0 Å². The number of hydrogen-bond acceptors (Lipinski definition) is 4. The van der Waals surface area contributed by atoms with Crippen molar-refractivity contribution in [3.8, 4) is 0 Å². The zero-order chi connectivity index (χ0) is 22.2. The van der Waals surface area contributed by atoms with Crippen molar-refractivity contribution in [1.82, 2.24) is 14.7 Å². The number of alkyl halides is 2. The summed E-state index contributed by atoms with van der Waals surface area (Å²) in [6.07, 6.45) is -0.647. The third kappa shape index (κ3) is 4.03. The molecule has 0 N–H and O–H groups in total. The van der Waals surface area contributed by atoms with Gasteiger partial charge in [-0.2, -0.15) is 0 Å². The van der Waals surface area contributed by atoms with Crippen LogP contribution in [0, 0.1) is 0 Å². The first-order valence-corrected chi connectivity index (χ1v) is 10.8. The molecule has 168 valence electrons. The van der Waals surface area contributed by atoms with Crippen molar-refractivity contribution in [3.05, 3.63) is 29.8 Å². The molecule has 31 heavy (non-hydrogen) atoms. The molecule has 4 rings (SSSR count). The minimum absolute atomic E-state index is 0.00481. The summed E-state index contributed by atoms with van der Waals surface area (Å²) < 4.78 is 25.0. The summed E-state index contributed by atoms with van der Waals surface area (Å²) in [5, 5.41) is 0. The maximum absolute atomic E-state index is 13.2. The first-order valence-electron chi connectivity index (χ1n) is 10.8. The van der Waals surface area contributed by atoms with E-state index in [1.165, 1.54) is 0 Å². The van der Waals surface area contributed by atoms with Crippen LogP contribution in [0.15, 0.2) is 24.3 Å². The minimum Gasteiger partial charge on any atom is -0.340 e. The van der Waals surface area contributed by atoms with Crippen molar-refractivity contribution in [2.75, 3.05) is 44.2 Å². The highest BCUT2D eigenvalue weighted by Gasteiger charge is 2.52. The quantitative estimate of drug-likeness (QED) is 0.689. The molecule has 0 spiro atoms. The van der Waals surface area contributed by atoms with Crippen LogP contribution in [0.25, 0.3) is 0 Å². The van der Waals surface area contributed by atoms with Gasteiger partial charge in [0.15, 0.2) is 0 Å². The molecule has 2 saturated heterocycles. The largest absolute Gasteiger partial charge is 0.340 e. The first kappa shape index (κ1) is 21.7. The van der Waals surface area contributed by atoms with Gasteiger partial charge >= 0.3 is 0 Å². The van der Waals surface area contributed by atoms with E-state index < -0.39 is 12.1 Å². The number of hydrogen-bond donors (Lipinski definition) is 0. The number of para-hydroxylation sites is 1. The van der Waals surface area contributed by atoms with E-state index in [9.17, 15) is 23.2 Å². The highest BCUT2D eigenvalue weighted by atomic mass is 19.3. The summed E-state index contributed by atoms with van der Waals surface area (Å²) in [7, 11) is 0. The molecule has 1 aromatic rings. The van der Waals surface area contributed by atoms with Gasteiger partial charge < -0.3 is 9.80 Å². The molecule has 1 unspecified atom stereocenters. The Hall–Kier alpha value is -2.55. The monoisotopic (exact) mass is 434 g/mol. The fraction of sp³-hybridized carbons (Fsp3) is 0.591. The van der Waals surface area contributed by atoms with E-state index in [1.54, 1.807) is 31.7 Å². The number of halogens is 2. The zero-order valence-corrected chi connectivity index (χ0v) is 17.7. The molecular weight excluding hydrogens is 406 g/mol. The van der Waals surface area contributed by atoms with E-state index >= 15 is 0 Å². The smallest absolute Gasteiger partial charge is 0.257 e. The number of anilines is 1. The molecule has 0 aromatic heterocycles. The van der Waals surface area contributed by atoms with Crippen LogP contribution in [0.4, 0.5) is 14.5 Å². The Kier molecular flexibility index (Phi) is 5.96. The van der Waals surface area contributed by atoms with Crippen LogP contribution in [-0.2, 0) is 9.59 Å². The van der Waals surface area contributed by atoms with Gasteiger partial charge in [0.25, 0.3) is 12.3 Å². The second-order valence-corrected chi connectivity index (χ2v) is 8.60. The molecule has 0 radical (unpaired) electrons. The van der Waals surface area contributed by atoms with Gasteiger partial charge in [0.2, 0.25) is 11.8 Å². The lowest BCUT2D eigenvalue weighted by molar-refractivity contribution is -0.133. The van der Waals surface area contributed by atoms with Gasteiger partial charge in [0, 0.05) is 45.6 Å². The van der Waals surface area contributed by atoms with Gasteiger partial charge in [0.05, 0.1) is 17.8 Å². The highest BCUT2D eigenvalue weighted by Crippen LogP contribution is 2.44. The summed E-state index contributed by atoms with van der Waals surface area (Å²) in [5.41, 5.74) is 0.454. The van der Waals surface area contributed by atoms with Gasteiger partial charge in [0.1, 0.15) is 5.66 Å². The SMILES string of the molecule is CC12CCC(=O)N1c1ccccc1C(=O)N2CCCC(=O)N1CCN(CC(F)F)CC1.